The van der Waals surface area contributed by atoms with Gasteiger partial charge in [0.2, 0.25) is 0 Å². The van der Waals surface area contributed by atoms with E-state index in [9.17, 15) is 0 Å². The van der Waals surface area contributed by atoms with Crippen molar-refractivity contribution < 1.29 is 14.6 Å². The number of piperidine rings is 1. The van der Waals surface area contributed by atoms with Gasteiger partial charge in [-0.2, -0.15) is 0 Å². The van der Waals surface area contributed by atoms with Gasteiger partial charge >= 0.3 is 0 Å². The van der Waals surface area contributed by atoms with Crippen LogP contribution in [0.25, 0.3) is 0 Å². The predicted molar refractivity (Wildman–Crippen MR) is 104 cm³/mol. The summed E-state index contributed by atoms with van der Waals surface area (Å²) in [4.78, 5) is 3.83. The van der Waals surface area contributed by atoms with Crippen LogP contribution in [-0.2, 0) is 23.3 Å². The molecule has 1 fully saturated rings. The van der Waals surface area contributed by atoms with Crippen molar-refractivity contribution >= 4 is 22.9 Å². The Hall–Kier alpha value is -1.11. The standard InChI is InChI=1S/C20H24ClNO3S/c21-18-13-16-4-10-25-20(19(16)26-18)5-7-22(8-6-20)14-15-2-1-3-17(12-15)24-11-9-23/h1-3,12-13,23H,4-11,14H2. The average molecular weight is 394 g/mol. The van der Waals surface area contributed by atoms with Gasteiger partial charge in [0.1, 0.15) is 18.0 Å². The summed E-state index contributed by atoms with van der Waals surface area (Å²) in [5.41, 5.74) is 2.49. The Morgan fingerprint density at radius 1 is 1.27 bits per heavy atom. The number of rotatable bonds is 5. The van der Waals surface area contributed by atoms with Crippen LogP contribution in [0.15, 0.2) is 30.3 Å². The summed E-state index contributed by atoms with van der Waals surface area (Å²) in [7, 11) is 0. The largest absolute Gasteiger partial charge is 0.491 e. The van der Waals surface area contributed by atoms with Crippen molar-refractivity contribution in [1.82, 2.24) is 4.90 Å². The van der Waals surface area contributed by atoms with Crippen LogP contribution in [0.5, 0.6) is 5.75 Å². The van der Waals surface area contributed by atoms with Gasteiger partial charge in [-0.3, -0.25) is 4.90 Å². The summed E-state index contributed by atoms with van der Waals surface area (Å²) < 4.78 is 12.7. The van der Waals surface area contributed by atoms with Gasteiger partial charge in [0, 0.05) is 24.5 Å². The van der Waals surface area contributed by atoms with Crippen LogP contribution >= 0.6 is 22.9 Å². The number of aliphatic hydroxyl groups is 1. The Morgan fingerprint density at radius 3 is 2.92 bits per heavy atom. The minimum Gasteiger partial charge on any atom is -0.491 e. The number of likely N-dealkylation sites (tertiary alicyclic amines) is 1. The maximum Gasteiger partial charge on any atom is 0.119 e. The Kier molecular flexibility index (Phi) is 5.53. The first-order valence-electron chi connectivity index (χ1n) is 9.16. The molecule has 1 spiro atoms. The van der Waals surface area contributed by atoms with Gasteiger partial charge in [-0.05, 0) is 48.6 Å². The van der Waals surface area contributed by atoms with E-state index in [1.807, 2.05) is 12.1 Å². The molecule has 0 aliphatic carbocycles. The number of aliphatic hydroxyl groups excluding tert-OH is 1. The van der Waals surface area contributed by atoms with E-state index >= 15 is 0 Å². The third kappa shape index (κ3) is 3.78. The summed E-state index contributed by atoms with van der Waals surface area (Å²) in [5.74, 6) is 0.818. The molecule has 3 heterocycles. The van der Waals surface area contributed by atoms with Crippen LogP contribution < -0.4 is 4.74 Å². The van der Waals surface area contributed by atoms with Crippen LogP contribution in [0.4, 0.5) is 0 Å². The van der Waals surface area contributed by atoms with E-state index in [0.29, 0.717) is 6.61 Å². The van der Waals surface area contributed by atoms with Gasteiger partial charge in [-0.15, -0.1) is 11.3 Å². The molecular formula is C20H24ClNO3S. The molecule has 26 heavy (non-hydrogen) atoms. The highest BCUT2D eigenvalue weighted by atomic mass is 35.5. The number of ether oxygens (including phenoxy) is 2. The second-order valence-electron chi connectivity index (χ2n) is 6.99. The molecule has 2 aliphatic heterocycles. The molecule has 140 valence electrons. The number of halogens is 1. The Morgan fingerprint density at radius 2 is 2.12 bits per heavy atom. The first-order chi connectivity index (χ1) is 12.7. The molecule has 0 saturated carbocycles. The first-order valence-corrected chi connectivity index (χ1v) is 10.4. The third-order valence-electron chi connectivity index (χ3n) is 5.27. The summed E-state index contributed by atoms with van der Waals surface area (Å²) in [6.07, 6.45) is 3.00. The zero-order chi connectivity index (χ0) is 18.0. The summed E-state index contributed by atoms with van der Waals surface area (Å²) in [6.45, 7) is 4.09. The Labute approximate surface area is 163 Å². The average Bonchev–Trinajstić information content (AvgIpc) is 3.04. The molecule has 0 amide bonds. The fourth-order valence-corrected chi connectivity index (χ4v) is 5.49. The number of hydrogen-bond acceptors (Lipinski definition) is 5. The SMILES string of the molecule is OCCOc1cccc(CN2CCC3(CC2)OCCc2cc(Cl)sc23)c1. The van der Waals surface area contributed by atoms with Crippen molar-refractivity contribution in [1.29, 1.82) is 0 Å². The van der Waals surface area contributed by atoms with Crippen molar-refractivity contribution in [3.63, 3.8) is 0 Å². The number of nitrogens with zero attached hydrogens (tertiary/aromatic N) is 1. The van der Waals surface area contributed by atoms with Crippen LogP contribution in [0.2, 0.25) is 4.34 Å². The molecule has 2 aromatic rings. The molecule has 1 aromatic carbocycles. The second kappa shape index (κ2) is 7.87. The lowest BCUT2D eigenvalue weighted by molar-refractivity contribution is -0.0960. The van der Waals surface area contributed by atoms with E-state index in [4.69, 9.17) is 26.2 Å². The third-order valence-corrected chi connectivity index (χ3v) is 6.76. The summed E-state index contributed by atoms with van der Waals surface area (Å²) >= 11 is 7.96. The second-order valence-corrected chi connectivity index (χ2v) is 8.68. The van der Waals surface area contributed by atoms with Crippen molar-refractivity contribution in [3.8, 4) is 5.75 Å². The van der Waals surface area contributed by atoms with Crippen molar-refractivity contribution in [2.75, 3.05) is 32.9 Å². The lowest BCUT2D eigenvalue weighted by Crippen LogP contribution is -2.45. The monoisotopic (exact) mass is 393 g/mol. The van der Waals surface area contributed by atoms with E-state index in [1.54, 1.807) is 11.3 Å². The van der Waals surface area contributed by atoms with Gasteiger partial charge in [0.05, 0.1) is 17.6 Å². The molecule has 0 atom stereocenters. The molecule has 4 rings (SSSR count). The van der Waals surface area contributed by atoms with Gasteiger partial charge in [0.15, 0.2) is 0 Å². The number of hydrogen-bond donors (Lipinski definition) is 1. The normalized spacial score (nSPS) is 19.5. The molecule has 2 aliphatic rings. The number of thiophene rings is 1. The van der Waals surface area contributed by atoms with E-state index < -0.39 is 0 Å². The van der Waals surface area contributed by atoms with E-state index in [2.05, 4.69) is 23.1 Å². The van der Waals surface area contributed by atoms with E-state index in [1.165, 1.54) is 16.0 Å². The molecule has 1 aromatic heterocycles. The van der Waals surface area contributed by atoms with Crippen LogP contribution in [0.3, 0.4) is 0 Å². The predicted octanol–water partition coefficient (Wildman–Crippen LogP) is 3.84. The lowest BCUT2D eigenvalue weighted by Gasteiger charge is -2.43. The highest BCUT2D eigenvalue weighted by molar-refractivity contribution is 7.16. The van der Waals surface area contributed by atoms with Crippen molar-refractivity contribution in [3.05, 3.63) is 50.7 Å². The Balaban J connectivity index is 1.40. The lowest BCUT2D eigenvalue weighted by atomic mass is 9.85. The van der Waals surface area contributed by atoms with Crippen LogP contribution in [-0.4, -0.2) is 42.9 Å². The first kappa shape index (κ1) is 18.3. The smallest absolute Gasteiger partial charge is 0.119 e. The van der Waals surface area contributed by atoms with Gasteiger partial charge in [0.25, 0.3) is 0 Å². The minimum atomic E-state index is -0.131. The number of benzene rings is 1. The van der Waals surface area contributed by atoms with Crippen LogP contribution in [0, 0.1) is 0 Å². The number of fused-ring (bicyclic) bond motifs is 2. The van der Waals surface area contributed by atoms with Crippen molar-refractivity contribution in [2.24, 2.45) is 0 Å². The zero-order valence-electron chi connectivity index (χ0n) is 14.7. The molecular weight excluding hydrogens is 370 g/mol. The molecule has 0 radical (unpaired) electrons. The van der Waals surface area contributed by atoms with Gasteiger partial charge < -0.3 is 14.6 Å². The molecule has 0 unspecified atom stereocenters. The molecule has 6 heteroatoms. The molecule has 1 saturated heterocycles. The minimum absolute atomic E-state index is 0.0349. The summed E-state index contributed by atoms with van der Waals surface area (Å²) in [5, 5.41) is 8.90. The van der Waals surface area contributed by atoms with E-state index in [-0.39, 0.29) is 12.2 Å². The molecule has 0 bridgehead atoms. The maximum absolute atomic E-state index is 8.90. The zero-order valence-corrected chi connectivity index (χ0v) is 16.3. The fourth-order valence-electron chi connectivity index (χ4n) is 3.99. The topological polar surface area (TPSA) is 41.9 Å². The Bertz CT molecular complexity index is 755. The van der Waals surface area contributed by atoms with Crippen molar-refractivity contribution in [2.45, 2.75) is 31.4 Å². The fraction of sp³-hybridized carbons (Fsp3) is 0.500. The quantitative estimate of drug-likeness (QED) is 0.838. The van der Waals surface area contributed by atoms with E-state index in [0.717, 1.165) is 55.6 Å². The van der Waals surface area contributed by atoms with Gasteiger partial charge in [-0.25, -0.2) is 0 Å². The van der Waals surface area contributed by atoms with Gasteiger partial charge in [-0.1, -0.05) is 23.7 Å². The summed E-state index contributed by atoms with van der Waals surface area (Å²) in [6, 6.07) is 10.3. The highest BCUT2D eigenvalue weighted by Gasteiger charge is 2.42. The highest BCUT2D eigenvalue weighted by Crippen LogP contribution is 2.46. The molecule has 1 N–H and O–H groups in total. The van der Waals surface area contributed by atoms with Crippen LogP contribution in [0.1, 0.15) is 28.8 Å². The molecule has 4 nitrogen and oxygen atoms in total. The maximum atomic E-state index is 8.90.